The van der Waals surface area contributed by atoms with Crippen LogP contribution in [0.1, 0.15) is 47.4 Å². The number of piperidine rings is 1. The van der Waals surface area contributed by atoms with Gasteiger partial charge in [-0.1, -0.05) is 48.0 Å². The summed E-state index contributed by atoms with van der Waals surface area (Å²) in [7, 11) is 0. The Balaban J connectivity index is 1.28. The fraction of sp³-hybridized carbons (Fsp3) is 0.320. The van der Waals surface area contributed by atoms with Crippen LogP contribution in [0.5, 0.6) is 0 Å². The molecular formula is C25H28N4O2S. The molecule has 0 radical (unpaired) electrons. The zero-order valence-electron chi connectivity index (χ0n) is 18.4. The number of likely N-dealkylation sites (tertiary alicyclic amines) is 1. The molecule has 6 nitrogen and oxygen atoms in total. The number of carbonyl (C=O) groups excluding carboxylic acids is 2. The van der Waals surface area contributed by atoms with Gasteiger partial charge in [-0.05, 0) is 44.4 Å². The Bertz CT molecular complexity index is 1060. The Morgan fingerprint density at radius 1 is 1.06 bits per heavy atom. The van der Waals surface area contributed by atoms with Gasteiger partial charge in [-0.25, -0.2) is 4.98 Å². The van der Waals surface area contributed by atoms with Crippen molar-refractivity contribution in [2.75, 3.05) is 18.4 Å². The van der Waals surface area contributed by atoms with Crippen molar-refractivity contribution in [1.29, 1.82) is 0 Å². The van der Waals surface area contributed by atoms with E-state index < -0.39 is 0 Å². The molecule has 2 amide bonds. The summed E-state index contributed by atoms with van der Waals surface area (Å²) < 4.78 is 0. The third-order valence-corrected chi connectivity index (χ3v) is 6.60. The largest absolute Gasteiger partial charge is 0.349 e. The maximum absolute atomic E-state index is 12.9. The molecule has 1 aliphatic rings. The third kappa shape index (κ3) is 5.34. The lowest BCUT2D eigenvalue weighted by molar-refractivity contribution is -0.127. The zero-order valence-corrected chi connectivity index (χ0v) is 19.2. The standard InChI is InChI=1S/C25H28N4O2S/c1-17-8-10-21(11-9-17)27-25-28-22(16-32-25)24(31)29-14-12-20(13-15-29)23(30)26-18(2)19-6-4-3-5-7-19/h3-11,16,18,20H,12-15H2,1-2H3,(H,26,30)(H,27,28). The lowest BCUT2D eigenvalue weighted by Gasteiger charge is -2.31. The number of benzene rings is 2. The predicted molar refractivity (Wildman–Crippen MR) is 128 cm³/mol. The van der Waals surface area contributed by atoms with Gasteiger partial charge < -0.3 is 15.5 Å². The molecular weight excluding hydrogens is 420 g/mol. The first-order valence-electron chi connectivity index (χ1n) is 10.9. The number of nitrogens with zero attached hydrogens (tertiary/aromatic N) is 2. The number of aryl methyl sites for hydroxylation is 1. The molecule has 1 aliphatic heterocycles. The number of hydrogen-bond donors (Lipinski definition) is 2. The van der Waals surface area contributed by atoms with Gasteiger partial charge in [0, 0.05) is 30.1 Å². The molecule has 3 aromatic rings. The number of carbonyl (C=O) groups is 2. The van der Waals surface area contributed by atoms with Crippen LogP contribution in [0.3, 0.4) is 0 Å². The van der Waals surface area contributed by atoms with Gasteiger partial charge in [0.1, 0.15) is 5.69 Å². The molecule has 2 N–H and O–H groups in total. The van der Waals surface area contributed by atoms with Gasteiger partial charge >= 0.3 is 0 Å². The molecule has 0 bridgehead atoms. The summed E-state index contributed by atoms with van der Waals surface area (Å²) in [6.45, 7) is 5.17. The number of hydrogen-bond acceptors (Lipinski definition) is 5. The second-order valence-corrected chi connectivity index (χ2v) is 9.09. The molecule has 2 aromatic carbocycles. The van der Waals surface area contributed by atoms with Crippen molar-refractivity contribution in [3.63, 3.8) is 0 Å². The molecule has 166 valence electrons. The van der Waals surface area contributed by atoms with Crippen LogP contribution in [0, 0.1) is 12.8 Å². The van der Waals surface area contributed by atoms with Crippen LogP contribution in [0.4, 0.5) is 10.8 Å². The molecule has 32 heavy (non-hydrogen) atoms. The highest BCUT2D eigenvalue weighted by Crippen LogP contribution is 2.24. The normalized spacial score (nSPS) is 15.2. The highest BCUT2D eigenvalue weighted by atomic mass is 32.1. The minimum absolute atomic E-state index is 0.0298. The molecule has 1 unspecified atom stereocenters. The van der Waals surface area contributed by atoms with Crippen molar-refractivity contribution in [2.24, 2.45) is 5.92 Å². The number of nitrogens with one attached hydrogen (secondary N) is 2. The Labute approximate surface area is 192 Å². The van der Waals surface area contributed by atoms with E-state index in [1.165, 1.54) is 16.9 Å². The van der Waals surface area contributed by atoms with Crippen molar-refractivity contribution in [1.82, 2.24) is 15.2 Å². The Kier molecular flexibility index (Phi) is 6.85. The number of thiazole rings is 1. The van der Waals surface area contributed by atoms with E-state index in [4.69, 9.17) is 0 Å². The summed E-state index contributed by atoms with van der Waals surface area (Å²) in [4.78, 5) is 31.9. The quantitative estimate of drug-likeness (QED) is 0.561. The van der Waals surface area contributed by atoms with E-state index in [1.807, 2.05) is 68.4 Å². The molecule has 1 fully saturated rings. The molecule has 7 heteroatoms. The van der Waals surface area contributed by atoms with Gasteiger partial charge in [0.2, 0.25) is 5.91 Å². The fourth-order valence-electron chi connectivity index (χ4n) is 3.85. The number of anilines is 2. The SMILES string of the molecule is Cc1ccc(Nc2nc(C(=O)N3CCC(C(=O)NC(C)c4ccccc4)CC3)cs2)cc1. The second kappa shape index (κ2) is 9.96. The summed E-state index contributed by atoms with van der Waals surface area (Å²) in [5, 5.41) is 8.84. The van der Waals surface area contributed by atoms with Crippen LogP contribution in [-0.4, -0.2) is 34.8 Å². The van der Waals surface area contributed by atoms with Gasteiger partial charge in [-0.15, -0.1) is 11.3 Å². The molecule has 0 spiro atoms. The average molecular weight is 449 g/mol. The van der Waals surface area contributed by atoms with Crippen LogP contribution < -0.4 is 10.6 Å². The molecule has 0 aliphatic carbocycles. The Hall–Kier alpha value is -3.19. The minimum Gasteiger partial charge on any atom is -0.349 e. The average Bonchev–Trinajstić information content (AvgIpc) is 3.29. The van der Waals surface area contributed by atoms with E-state index in [9.17, 15) is 9.59 Å². The van der Waals surface area contributed by atoms with Crippen molar-refractivity contribution in [2.45, 2.75) is 32.7 Å². The molecule has 1 atom stereocenters. The van der Waals surface area contributed by atoms with Gasteiger partial charge in [0.05, 0.1) is 6.04 Å². The van der Waals surface area contributed by atoms with E-state index in [-0.39, 0.29) is 23.8 Å². The fourth-order valence-corrected chi connectivity index (χ4v) is 4.56. The summed E-state index contributed by atoms with van der Waals surface area (Å²) in [6.07, 6.45) is 1.33. The first-order valence-corrected chi connectivity index (χ1v) is 11.8. The molecule has 4 rings (SSSR count). The van der Waals surface area contributed by atoms with Crippen LogP contribution in [0.15, 0.2) is 60.0 Å². The summed E-state index contributed by atoms with van der Waals surface area (Å²) in [5.74, 6) is -0.0826. The Morgan fingerprint density at radius 3 is 2.44 bits per heavy atom. The zero-order chi connectivity index (χ0) is 22.5. The second-order valence-electron chi connectivity index (χ2n) is 8.24. The maximum atomic E-state index is 12.9. The minimum atomic E-state index is -0.0743. The topological polar surface area (TPSA) is 74.3 Å². The Morgan fingerprint density at radius 2 is 1.75 bits per heavy atom. The van der Waals surface area contributed by atoms with E-state index >= 15 is 0 Å². The van der Waals surface area contributed by atoms with E-state index in [0.29, 0.717) is 36.8 Å². The monoisotopic (exact) mass is 448 g/mol. The lowest BCUT2D eigenvalue weighted by atomic mass is 9.95. The van der Waals surface area contributed by atoms with Gasteiger partial charge in [-0.3, -0.25) is 9.59 Å². The number of aromatic nitrogens is 1. The molecule has 1 aromatic heterocycles. The molecule has 0 saturated carbocycles. The van der Waals surface area contributed by atoms with Crippen molar-refractivity contribution >= 4 is 34.0 Å². The van der Waals surface area contributed by atoms with Gasteiger partial charge in [-0.2, -0.15) is 0 Å². The van der Waals surface area contributed by atoms with Crippen LogP contribution in [0.2, 0.25) is 0 Å². The van der Waals surface area contributed by atoms with E-state index in [0.717, 1.165) is 11.3 Å². The lowest BCUT2D eigenvalue weighted by Crippen LogP contribution is -2.43. The van der Waals surface area contributed by atoms with Gasteiger partial charge in [0.15, 0.2) is 5.13 Å². The van der Waals surface area contributed by atoms with Crippen LogP contribution in [-0.2, 0) is 4.79 Å². The predicted octanol–water partition coefficient (Wildman–Crippen LogP) is 4.92. The van der Waals surface area contributed by atoms with Crippen LogP contribution >= 0.6 is 11.3 Å². The first kappa shape index (κ1) is 22.0. The van der Waals surface area contributed by atoms with Crippen LogP contribution in [0.25, 0.3) is 0 Å². The first-order chi connectivity index (χ1) is 15.5. The van der Waals surface area contributed by atoms with Crippen molar-refractivity contribution in [3.8, 4) is 0 Å². The summed E-state index contributed by atoms with van der Waals surface area (Å²) in [5.41, 5.74) is 3.68. The molecule has 2 heterocycles. The number of rotatable bonds is 6. The van der Waals surface area contributed by atoms with Crippen molar-refractivity contribution < 1.29 is 9.59 Å². The highest BCUT2D eigenvalue weighted by Gasteiger charge is 2.29. The highest BCUT2D eigenvalue weighted by molar-refractivity contribution is 7.14. The maximum Gasteiger partial charge on any atom is 0.273 e. The molecule has 1 saturated heterocycles. The summed E-state index contributed by atoms with van der Waals surface area (Å²) >= 11 is 1.42. The van der Waals surface area contributed by atoms with E-state index in [2.05, 4.69) is 15.6 Å². The smallest absolute Gasteiger partial charge is 0.273 e. The number of amides is 2. The van der Waals surface area contributed by atoms with Crippen molar-refractivity contribution in [3.05, 3.63) is 76.8 Å². The van der Waals surface area contributed by atoms with Gasteiger partial charge in [0.25, 0.3) is 5.91 Å². The van der Waals surface area contributed by atoms with E-state index in [1.54, 1.807) is 10.3 Å². The summed E-state index contributed by atoms with van der Waals surface area (Å²) in [6, 6.07) is 18.0. The third-order valence-electron chi connectivity index (χ3n) is 5.84.